The van der Waals surface area contributed by atoms with E-state index in [9.17, 15) is 4.79 Å². The minimum Gasteiger partial charge on any atom is -0.356 e. The summed E-state index contributed by atoms with van der Waals surface area (Å²) >= 11 is 5.90. The van der Waals surface area contributed by atoms with Crippen LogP contribution >= 0.6 is 11.6 Å². The Bertz CT molecular complexity index is 360. The summed E-state index contributed by atoms with van der Waals surface area (Å²) in [7, 11) is 0. The van der Waals surface area contributed by atoms with Crippen LogP contribution in [0.4, 0.5) is 0 Å². The van der Waals surface area contributed by atoms with Crippen molar-refractivity contribution in [1.82, 2.24) is 5.32 Å². The standard InChI is InChI=1S/C12H16ClNO/c1-4-14-11(15)12(2,3)9-6-5-7-10(13)8-9/h5-8H,4H2,1-3H3,(H,14,15). The van der Waals surface area contributed by atoms with E-state index >= 15 is 0 Å². The van der Waals surface area contributed by atoms with Crippen molar-refractivity contribution >= 4 is 17.5 Å². The fraction of sp³-hybridized carbons (Fsp3) is 0.417. The van der Waals surface area contributed by atoms with Gasteiger partial charge in [0.2, 0.25) is 5.91 Å². The monoisotopic (exact) mass is 225 g/mol. The molecule has 0 saturated heterocycles. The van der Waals surface area contributed by atoms with Crippen LogP contribution in [0, 0.1) is 0 Å². The van der Waals surface area contributed by atoms with E-state index in [1.807, 2.05) is 39.0 Å². The number of halogens is 1. The van der Waals surface area contributed by atoms with Crippen molar-refractivity contribution in [2.45, 2.75) is 26.2 Å². The normalized spacial score (nSPS) is 11.2. The predicted molar refractivity (Wildman–Crippen MR) is 63.2 cm³/mol. The maximum absolute atomic E-state index is 11.8. The summed E-state index contributed by atoms with van der Waals surface area (Å²) in [5.41, 5.74) is 0.391. The molecule has 15 heavy (non-hydrogen) atoms. The highest BCUT2D eigenvalue weighted by atomic mass is 35.5. The fourth-order valence-corrected chi connectivity index (χ4v) is 1.58. The van der Waals surface area contributed by atoms with E-state index in [1.165, 1.54) is 0 Å². The molecule has 0 bridgehead atoms. The van der Waals surface area contributed by atoms with Gasteiger partial charge in [-0.3, -0.25) is 4.79 Å². The smallest absolute Gasteiger partial charge is 0.230 e. The molecule has 0 aromatic heterocycles. The van der Waals surface area contributed by atoms with Crippen LogP contribution in [0.3, 0.4) is 0 Å². The van der Waals surface area contributed by atoms with E-state index in [1.54, 1.807) is 6.07 Å². The zero-order chi connectivity index (χ0) is 11.5. The van der Waals surface area contributed by atoms with Gasteiger partial charge in [-0.05, 0) is 38.5 Å². The van der Waals surface area contributed by atoms with Crippen LogP contribution in [0.2, 0.25) is 5.02 Å². The van der Waals surface area contributed by atoms with Crippen molar-refractivity contribution in [3.63, 3.8) is 0 Å². The molecule has 0 aliphatic heterocycles. The van der Waals surface area contributed by atoms with E-state index in [2.05, 4.69) is 5.32 Å². The van der Waals surface area contributed by atoms with Gasteiger partial charge in [-0.25, -0.2) is 0 Å². The van der Waals surface area contributed by atoms with Gasteiger partial charge >= 0.3 is 0 Å². The third-order valence-corrected chi connectivity index (χ3v) is 2.69. The number of nitrogens with one attached hydrogen (secondary N) is 1. The number of amides is 1. The van der Waals surface area contributed by atoms with Crippen molar-refractivity contribution < 1.29 is 4.79 Å². The summed E-state index contributed by atoms with van der Waals surface area (Å²) in [6.45, 7) is 6.34. The zero-order valence-corrected chi connectivity index (χ0v) is 10.1. The van der Waals surface area contributed by atoms with E-state index < -0.39 is 5.41 Å². The first kappa shape index (κ1) is 12.1. The van der Waals surface area contributed by atoms with Crippen molar-refractivity contribution in [2.24, 2.45) is 0 Å². The summed E-state index contributed by atoms with van der Waals surface area (Å²) in [6, 6.07) is 7.41. The molecule has 0 aliphatic carbocycles. The largest absolute Gasteiger partial charge is 0.356 e. The molecule has 1 rings (SSSR count). The van der Waals surface area contributed by atoms with Gasteiger partial charge in [0.25, 0.3) is 0 Å². The average molecular weight is 226 g/mol. The molecule has 3 heteroatoms. The molecule has 0 spiro atoms. The van der Waals surface area contributed by atoms with Gasteiger partial charge < -0.3 is 5.32 Å². The van der Waals surface area contributed by atoms with Gasteiger partial charge in [-0.15, -0.1) is 0 Å². The van der Waals surface area contributed by atoms with Crippen molar-refractivity contribution in [2.75, 3.05) is 6.54 Å². The lowest BCUT2D eigenvalue weighted by atomic mass is 9.84. The Kier molecular flexibility index (Phi) is 3.75. The zero-order valence-electron chi connectivity index (χ0n) is 9.30. The van der Waals surface area contributed by atoms with Gasteiger partial charge in [0.05, 0.1) is 5.41 Å². The van der Waals surface area contributed by atoms with Crippen LogP contribution < -0.4 is 5.32 Å². The molecular weight excluding hydrogens is 210 g/mol. The molecule has 0 fully saturated rings. The van der Waals surface area contributed by atoms with Crippen LogP contribution in [0.15, 0.2) is 24.3 Å². The highest BCUT2D eigenvalue weighted by Gasteiger charge is 2.29. The van der Waals surface area contributed by atoms with Crippen LogP contribution in [0.25, 0.3) is 0 Å². The molecular formula is C12H16ClNO. The van der Waals surface area contributed by atoms with Gasteiger partial charge in [-0.1, -0.05) is 23.7 Å². The van der Waals surface area contributed by atoms with Crippen LogP contribution in [0.5, 0.6) is 0 Å². The van der Waals surface area contributed by atoms with Gasteiger partial charge in [0.1, 0.15) is 0 Å². The summed E-state index contributed by atoms with van der Waals surface area (Å²) in [4.78, 5) is 11.8. The number of carbonyl (C=O) groups is 1. The van der Waals surface area contributed by atoms with E-state index in [4.69, 9.17) is 11.6 Å². The van der Waals surface area contributed by atoms with E-state index in [-0.39, 0.29) is 5.91 Å². The molecule has 0 radical (unpaired) electrons. The first-order valence-corrected chi connectivity index (χ1v) is 5.40. The number of hydrogen-bond acceptors (Lipinski definition) is 1. The van der Waals surface area contributed by atoms with Crippen molar-refractivity contribution in [3.8, 4) is 0 Å². The lowest BCUT2D eigenvalue weighted by Crippen LogP contribution is -2.39. The number of hydrogen-bond donors (Lipinski definition) is 1. The fourth-order valence-electron chi connectivity index (χ4n) is 1.39. The van der Waals surface area contributed by atoms with E-state index in [0.717, 1.165) is 5.56 Å². The number of rotatable bonds is 3. The van der Waals surface area contributed by atoms with Gasteiger partial charge in [0.15, 0.2) is 0 Å². The minimum atomic E-state index is -0.541. The molecule has 0 heterocycles. The maximum Gasteiger partial charge on any atom is 0.230 e. The molecule has 0 unspecified atom stereocenters. The Labute approximate surface area is 95.6 Å². The number of carbonyl (C=O) groups excluding carboxylic acids is 1. The highest BCUT2D eigenvalue weighted by Crippen LogP contribution is 2.25. The Hall–Kier alpha value is -1.02. The molecule has 2 nitrogen and oxygen atoms in total. The quantitative estimate of drug-likeness (QED) is 0.842. The minimum absolute atomic E-state index is 0.0206. The third kappa shape index (κ3) is 2.72. The molecule has 0 saturated carbocycles. The lowest BCUT2D eigenvalue weighted by Gasteiger charge is -2.23. The molecule has 82 valence electrons. The summed E-state index contributed by atoms with van der Waals surface area (Å²) < 4.78 is 0. The third-order valence-electron chi connectivity index (χ3n) is 2.45. The second-order valence-electron chi connectivity index (χ2n) is 3.99. The van der Waals surface area contributed by atoms with Crippen LogP contribution in [-0.2, 0) is 10.2 Å². The molecule has 1 amide bonds. The average Bonchev–Trinajstić information content (AvgIpc) is 2.18. The maximum atomic E-state index is 11.8. The lowest BCUT2D eigenvalue weighted by molar-refractivity contribution is -0.125. The second kappa shape index (κ2) is 4.67. The van der Waals surface area contributed by atoms with Crippen molar-refractivity contribution in [3.05, 3.63) is 34.9 Å². The van der Waals surface area contributed by atoms with Gasteiger partial charge in [-0.2, -0.15) is 0 Å². The first-order valence-electron chi connectivity index (χ1n) is 5.03. The van der Waals surface area contributed by atoms with Crippen molar-refractivity contribution in [1.29, 1.82) is 0 Å². The summed E-state index contributed by atoms with van der Waals surface area (Å²) in [5, 5.41) is 3.48. The molecule has 1 aromatic carbocycles. The Morgan fingerprint density at radius 2 is 2.13 bits per heavy atom. The highest BCUT2D eigenvalue weighted by molar-refractivity contribution is 6.30. The second-order valence-corrected chi connectivity index (χ2v) is 4.43. The number of likely N-dealkylation sites (N-methyl/N-ethyl adjacent to an activating group) is 1. The SMILES string of the molecule is CCNC(=O)C(C)(C)c1cccc(Cl)c1. The topological polar surface area (TPSA) is 29.1 Å². The van der Waals surface area contributed by atoms with Gasteiger partial charge in [0, 0.05) is 11.6 Å². The Morgan fingerprint density at radius 1 is 1.47 bits per heavy atom. The first-order chi connectivity index (χ1) is 6.98. The summed E-state index contributed by atoms with van der Waals surface area (Å²) in [5.74, 6) is 0.0206. The predicted octanol–water partition coefficient (Wildman–Crippen LogP) is 2.75. The van der Waals surface area contributed by atoms with E-state index in [0.29, 0.717) is 11.6 Å². The molecule has 0 aliphatic rings. The molecule has 0 atom stereocenters. The Morgan fingerprint density at radius 3 is 2.67 bits per heavy atom. The molecule has 1 aromatic rings. The Balaban J connectivity index is 2.99. The van der Waals surface area contributed by atoms with Crippen LogP contribution in [0.1, 0.15) is 26.3 Å². The summed E-state index contributed by atoms with van der Waals surface area (Å²) in [6.07, 6.45) is 0. The molecule has 1 N–H and O–H groups in total. The van der Waals surface area contributed by atoms with Crippen LogP contribution in [-0.4, -0.2) is 12.5 Å². The number of benzene rings is 1.